The van der Waals surface area contributed by atoms with E-state index >= 15 is 0 Å². The van der Waals surface area contributed by atoms with Crippen LogP contribution in [0.5, 0.6) is 0 Å². The van der Waals surface area contributed by atoms with E-state index in [4.69, 9.17) is 4.74 Å². The highest BCUT2D eigenvalue weighted by Crippen LogP contribution is 2.10. The largest absolute Gasteiger partial charge is 0.372 e. The summed E-state index contributed by atoms with van der Waals surface area (Å²) in [5.74, 6) is 0.0956. The number of halogens is 1. The Morgan fingerprint density at radius 2 is 1.76 bits per heavy atom. The first-order chi connectivity index (χ1) is 11.8. The number of carbonyl (C=O) groups is 1. The summed E-state index contributed by atoms with van der Waals surface area (Å²) < 4.78 is 5.77. The van der Waals surface area contributed by atoms with Crippen molar-refractivity contribution in [3.05, 3.63) is 71.3 Å². The molecular weight excluding hydrogens is 336 g/mol. The fourth-order valence-electron chi connectivity index (χ4n) is 2.91. The van der Waals surface area contributed by atoms with Crippen LogP contribution in [0.4, 0.5) is 0 Å². The van der Waals surface area contributed by atoms with Crippen LogP contribution in [0.2, 0.25) is 0 Å². The minimum atomic E-state index is -0.0256. The molecule has 4 nitrogen and oxygen atoms in total. The van der Waals surface area contributed by atoms with E-state index in [0.29, 0.717) is 19.8 Å². The minimum absolute atomic E-state index is 0. The minimum Gasteiger partial charge on any atom is -0.372 e. The fraction of sp³-hybridized carbons (Fsp3) is 0.350. The van der Waals surface area contributed by atoms with E-state index < -0.39 is 0 Å². The van der Waals surface area contributed by atoms with Crippen LogP contribution >= 0.6 is 12.4 Å². The molecule has 1 fully saturated rings. The lowest BCUT2D eigenvalue weighted by Gasteiger charge is -2.12. The normalized spacial score (nSPS) is 16.2. The SMILES string of the molecule is Cl.O=C(NCc1cccc(COCc2ccccc2)c1)C1CCCN1. The first-order valence-corrected chi connectivity index (χ1v) is 8.52. The monoisotopic (exact) mass is 360 g/mol. The van der Waals surface area contributed by atoms with E-state index in [1.54, 1.807) is 0 Å². The summed E-state index contributed by atoms with van der Waals surface area (Å²) in [6, 6.07) is 18.3. The summed E-state index contributed by atoms with van der Waals surface area (Å²) in [6.45, 7) is 2.67. The highest BCUT2D eigenvalue weighted by atomic mass is 35.5. The molecule has 0 saturated carbocycles. The van der Waals surface area contributed by atoms with E-state index in [2.05, 4.69) is 34.9 Å². The molecule has 0 aliphatic carbocycles. The highest BCUT2D eigenvalue weighted by molar-refractivity contribution is 5.85. The smallest absolute Gasteiger partial charge is 0.237 e. The van der Waals surface area contributed by atoms with Crippen molar-refractivity contribution in [1.29, 1.82) is 0 Å². The van der Waals surface area contributed by atoms with Gasteiger partial charge in [0, 0.05) is 6.54 Å². The Balaban J connectivity index is 0.00000225. The van der Waals surface area contributed by atoms with Gasteiger partial charge in [-0.2, -0.15) is 0 Å². The molecule has 5 heteroatoms. The second-order valence-corrected chi connectivity index (χ2v) is 6.17. The lowest BCUT2D eigenvalue weighted by molar-refractivity contribution is -0.122. The van der Waals surface area contributed by atoms with Crippen molar-refractivity contribution >= 4 is 18.3 Å². The molecule has 0 radical (unpaired) electrons. The first kappa shape index (κ1) is 19.4. The van der Waals surface area contributed by atoms with Gasteiger partial charge in [-0.05, 0) is 36.1 Å². The summed E-state index contributed by atoms with van der Waals surface area (Å²) in [6.07, 6.45) is 2.01. The summed E-state index contributed by atoms with van der Waals surface area (Å²) in [5.41, 5.74) is 3.39. The van der Waals surface area contributed by atoms with Crippen molar-refractivity contribution in [2.24, 2.45) is 0 Å². The van der Waals surface area contributed by atoms with Crippen LogP contribution in [-0.2, 0) is 29.3 Å². The molecule has 1 atom stereocenters. The van der Waals surface area contributed by atoms with Gasteiger partial charge in [-0.3, -0.25) is 4.79 Å². The molecule has 1 aliphatic heterocycles. The van der Waals surface area contributed by atoms with Gasteiger partial charge in [0.25, 0.3) is 0 Å². The third-order valence-corrected chi connectivity index (χ3v) is 4.22. The van der Waals surface area contributed by atoms with Gasteiger partial charge in [0.2, 0.25) is 5.91 Å². The molecule has 1 unspecified atom stereocenters. The molecule has 1 saturated heterocycles. The summed E-state index contributed by atoms with van der Waals surface area (Å²) in [4.78, 5) is 12.0. The standard InChI is InChI=1S/C20H24N2O2.ClH/c23-20(19-10-5-11-21-19)22-13-17-8-4-9-18(12-17)15-24-14-16-6-2-1-3-7-16;/h1-4,6-9,12,19,21H,5,10-11,13-15H2,(H,22,23);1H. The Morgan fingerprint density at radius 1 is 1.04 bits per heavy atom. The van der Waals surface area contributed by atoms with Crippen molar-refractivity contribution in [3.63, 3.8) is 0 Å². The average molecular weight is 361 g/mol. The molecular formula is C20H25ClN2O2. The maximum atomic E-state index is 12.0. The highest BCUT2D eigenvalue weighted by Gasteiger charge is 2.21. The Bertz CT molecular complexity index is 658. The Hall–Kier alpha value is -1.88. The van der Waals surface area contributed by atoms with Gasteiger partial charge in [0.15, 0.2) is 0 Å². The van der Waals surface area contributed by atoms with Crippen molar-refractivity contribution in [2.45, 2.75) is 38.6 Å². The molecule has 0 bridgehead atoms. The van der Waals surface area contributed by atoms with Crippen LogP contribution in [0.15, 0.2) is 54.6 Å². The van der Waals surface area contributed by atoms with E-state index in [1.165, 1.54) is 5.56 Å². The Kier molecular flexibility index (Phi) is 7.92. The Morgan fingerprint density at radius 3 is 2.52 bits per heavy atom. The van der Waals surface area contributed by atoms with Gasteiger partial charge >= 0.3 is 0 Å². The molecule has 25 heavy (non-hydrogen) atoms. The average Bonchev–Trinajstić information content (AvgIpc) is 3.16. The number of nitrogens with one attached hydrogen (secondary N) is 2. The third-order valence-electron chi connectivity index (χ3n) is 4.22. The van der Waals surface area contributed by atoms with Gasteiger partial charge < -0.3 is 15.4 Å². The molecule has 1 amide bonds. The van der Waals surface area contributed by atoms with E-state index in [1.807, 2.05) is 30.3 Å². The lowest BCUT2D eigenvalue weighted by atomic mass is 10.1. The Labute approximate surface area is 155 Å². The second kappa shape index (κ2) is 10.2. The molecule has 134 valence electrons. The quantitative estimate of drug-likeness (QED) is 0.797. The lowest BCUT2D eigenvalue weighted by Crippen LogP contribution is -2.40. The number of rotatable bonds is 7. The van der Waals surface area contributed by atoms with E-state index in [-0.39, 0.29) is 24.4 Å². The summed E-state index contributed by atoms with van der Waals surface area (Å²) >= 11 is 0. The molecule has 2 aromatic rings. The summed E-state index contributed by atoms with van der Waals surface area (Å²) in [5, 5.41) is 6.22. The number of amides is 1. The van der Waals surface area contributed by atoms with E-state index in [9.17, 15) is 4.79 Å². The molecule has 1 heterocycles. The van der Waals surface area contributed by atoms with Gasteiger partial charge in [-0.15, -0.1) is 12.4 Å². The molecule has 2 aromatic carbocycles. The molecule has 0 spiro atoms. The topological polar surface area (TPSA) is 50.4 Å². The molecule has 3 rings (SSSR count). The molecule has 0 aromatic heterocycles. The van der Waals surface area contributed by atoms with Crippen molar-refractivity contribution in [1.82, 2.24) is 10.6 Å². The van der Waals surface area contributed by atoms with Gasteiger partial charge in [-0.1, -0.05) is 54.6 Å². The number of benzene rings is 2. The van der Waals surface area contributed by atoms with Crippen LogP contribution in [-0.4, -0.2) is 18.5 Å². The summed E-state index contributed by atoms with van der Waals surface area (Å²) in [7, 11) is 0. The zero-order chi connectivity index (χ0) is 16.6. The first-order valence-electron chi connectivity index (χ1n) is 8.52. The van der Waals surface area contributed by atoms with Gasteiger partial charge in [-0.25, -0.2) is 0 Å². The third kappa shape index (κ3) is 6.16. The second-order valence-electron chi connectivity index (χ2n) is 6.17. The predicted octanol–water partition coefficient (Wildman–Crippen LogP) is 3.19. The van der Waals surface area contributed by atoms with Crippen LogP contribution in [0.25, 0.3) is 0 Å². The zero-order valence-electron chi connectivity index (χ0n) is 14.2. The van der Waals surface area contributed by atoms with E-state index in [0.717, 1.165) is 30.5 Å². The van der Waals surface area contributed by atoms with Crippen molar-refractivity contribution < 1.29 is 9.53 Å². The van der Waals surface area contributed by atoms with Crippen molar-refractivity contribution in [3.8, 4) is 0 Å². The zero-order valence-corrected chi connectivity index (χ0v) is 15.1. The van der Waals surface area contributed by atoms with Gasteiger partial charge in [0.1, 0.15) is 0 Å². The number of carbonyl (C=O) groups excluding carboxylic acids is 1. The number of ether oxygens (including phenoxy) is 1. The maximum absolute atomic E-state index is 12.0. The van der Waals surface area contributed by atoms with Crippen LogP contribution < -0.4 is 10.6 Å². The fourth-order valence-corrected chi connectivity index (χ4v) is 2.91. The molecule has 1 aliphatic rings. The number of hydrogen-bond donors (Lipinski definition) is 2. The van der Waals surface area contributed by atoms with Crippen LogP contribution in [0.1, 0.15) is 29.5 Å². The maximum Gasteiger partial charge on any atom is 0.237 e. The van der Waals surface area contributed by atoms with Gasteiger partial charge in [0.05, 0.1) is 19.3 Å². The molecule has 2 N–H and O–H groups in total. The van der Waals surface area contributed by atoms with Crippen LogP contribution in [0.3, 0.4) is 0 Å². The van der Waals surface area contributed by atoms with Crippen LogP contribution in [0, 0.1) is 0 Å². The van der Waals surface area contributed by atoms with Crippen molar-refractivity contribution in [2.75, 3.05) is 6.54 Å². The number of hydrogen-bond acceptors (Lipinski definition) is 3. The predicted molar refractivity (Wildman–Crippen MR) is 101 cm³/mol.